The Morgan fingerprint density at radius 2 is 1.73 bits per heavy atom. The van der Waals surface area contributed by atoms with Crippen molar-refractivity contribution in [2.75, 3.05) is 10.8 Å². The van der Waals surface area contributed by atoms with Crippen LogP contribution in [0.4, 0.5) is 18.9 Å². The number of nitrogens with zero attached hydrogens (tertiary/aromatic N) is 2. The summed E-state index contributed by atoms with van der Waals surface area (Å²) in [5.41, 5.74) is 2.39. The number of anilines is 1. The summed E-state index contributed by atoms with van der Waals surface area (Å²) in [7, 11) is -4.37. The molecule has 2 aromatic rings. The van der Waals surface area contributed by atoms with Gasteiger partial charge in [0.15, 0.2) is 0 Å². The van der Waals surface area contributed by atoms with Crippen molar-refractivity contribution in [3.8, 4) is 0 Å². The quantitative estimate of drug-likeness (QED) is 0.546. The van der Waals surface area contributed by atoms with E-state index in [1.54, 1.807) is 19.1 Å². The Kier molecular flexibility index (Phi) is 7.69. The number of halogens is 4. The van der Waals surface area contributed by atoms with Gasteiger partial charge in [0.1, 0.15) is 6.54 Å². The smallest absolute Gasteiger partial charge is 0.271 e. The van der Waals surface area contributed by atoms with E-state index in [2.05, 4.69) is 10.5 Å². The Morgan fingerprint density at radius 3 is 2.33 bits per heavy atom. The number of hydrogen-bond donors (Lipinski definition) is 1. The maximum Gasteiger partial charge on any atom is 0.417 e. The molecule has 0 heterocycles. The molecule has 0 spiro atoms. The third-order valence-corrected chi connectivity index (χ3v) is 7.33. The molecule has 0 bridgehead atoms. The number of nitrogens with one attached hydrogen (secondary N) is 1. The zero-order valence-electron chi connectivity index (χ0n) is 17.8. The molecule has 3 rings (SSSR count). The van der Waals surface area contributed by atoms with E-state index in [4.69, 9.17) is 11.6 Å². The summed E-state index contributed by atoms with van der Waals surface area (Å²) in [6, 6.07) is 8.48. The Bertz CT molecular complexity index is 1140. The molecule has 33 heavy (non-hydrogen) atoms. The average Bonchev–Trinajstić information content (AvgIpc) is 2.77. The molecule has 0 aromatic heterocycles. The van der Waals surface area contributed by atoms with E-state index in [1.165, 1.54) is 12.1 Å². The van der Waals surface area contributed by atoms with Crippen LogP contribution in [0.5, 0.6) is 0 Å². The standard InChI is InChI=1S/C22H23ClF3N3O3S/c1-15-7-10-18(11-8-15)33(31,32)29(14-21(30)28-27-16-5-3-2-4-6-16)17-9-12-20(23)19(13-17)22(24,25)26/h7-13H,2-6,14H2,1H3,(H,28,30). The summed E-state index contributed by atoms with van der Waals surface area (Å²) in [6.45, 7) is 1.01. The number of alkyl halides is 3. The van der Waals surface area contributed by atoms with E-state index in [9.17, 15) is 26.4 Å². The van der Waals surface area contributed by atoms with E-state index in [-0.39, 0.29) is 10.6 Å². The number of amides is 1. The van der Waals surface area contributed by atoms with Crippen LogP contribution < -0.4 is 9.73 Å². The third-order valence-electron chi connectivity index (χ3n) is 5.21. The van der Waals surface area contributed by atoms with Gasteiger partial charge in [0, 0.05) is 5.71 Å². The molecule has 11 heteroatoms. The fourth-order valence-electron chi connectivity index (χ4n) is 3.42. The largest absolute Gasteiger partial charge is 0.417 e. The summed E-state index contributed by atoms with van der Waals surface area (Å²) >= 11 is 5.69. The number of benzene rings is 2. The van der Waals surface area contributed by atoms with Crippen LogP contribution >= 0.6 is 11.6 Å². The lowest BCUT2D eigenvalue weighted by Crippen LogP contribution is -2.40. The Hall–Kier alpha value is -2.59. The first-order valence-corrected chi connectivity index (χ1v) is 12.1. The molecule has 1 amide bonds. The molecule has 6 nitrogen and oxygen atoms in total. The van der Waals surface area contributed by atoms with Gasteiger partial charge >= 0.3 is 6.18 Å². The number of carbonyl (C=O) groups excluding carboxylic acids is 1. The molecule has 1 saturated carbocycles. The molecule has 0 unspecified atom stereocenters. The number of hydrazone groups is 1. The average molecular weight is 502 g/mol. The molecule has 0 radical (unpaired) electrons. The van der Waals surface area contributed by atoms with Crippen molar-refractivity contribution in [2.45, 2.75) is 50.1 Å². The molecule has 1 N–H and O–H groups in total. The van der Waals surface area contributed by atoms with E-state index in [0.717, 1.165) is 55.5 Å². The molecule has 2 aromatic carbocycles. The van der Waals surface area contributed by atoms with Crippen molar-refractivity contribution in [1.29, 1.82) is 0 Å². The van der Waals surface area contributed by atoms with Gasteiger partial charge in [0.2, 0.25) is 0 Å². The van der Waals surface area contributed by atoms with Crippen LogP contribution in [0.15, 0.2) is 52.5 Å². The Balaban J connectivity index is 1.98. The number of hydrogen-bond acceptors (Lipinski definition) is 4. The maximum atomic E-state index is 13.4. The fourth-order valence-corrected chi connectivity index (χ4v) is 5.05. The zero-order valence-corrected chi connectivity index (χ0v) is 19.4. The van der Waals surface area contributed by atoms with Crippen molar-refractivity contribution < 1.29 is 26.4 Å². The number of sulfonamides is 1. The molecule has 1 fully saturated rings. The van der Waals surface area contributed by atoms with Crippen molar-refractivity contribution in [3.63, 3.8) is 0 Å². The third kappa shape index (κ3) is 6.26. The number of rotatable bonds is 6. The van der Waals surface area contributed by atoms with E-state index in [0.29, 0.717) is 10.4 Å². The lowest BCUT2D eigenvalue weighted by Gasteiger charge is -2.25. The minimum Gasteiger partial charge on any atom is -0.271 e. The van der Waals surface area contributed by atoms with Gasteiger partial charge in [-0.15, -0.1) is 0 Å². The van der Waals surface area contributed by atoms with Gasteiger partial charge in [-0.05, 0) is 62.9 Å². The number of carbonyl (C=O) groups is 1. The first kappa shape index (κ1) is 25.0. The summed E-state index contributed by atoms with van der Waals surface area (Å²) in [5.74, 6) is -0.771. The SMILES string of the molecule is Cc1ccc(S(=O)(=O)N(CC(=O)NN=C2CCCCC2)c2ccc(Cl)c(C(F)(F)F)c2)cc1. The summed E-state index contributed by atoms with van der Waals surface area (Å²) in [5, 5.41) is 3.48. The number of aryl methyl sites for hydroxylation is 1. The molecule has 0 atom stereocenters. The minimum absolute atomic E-state index is 0.164. The second-order valence-corrected chi connectivity index (χ2v) is 10.0. The predicted octanol–water partition coefficient (Wildman–Crippen LogP) is 5.30. The molecule has 1 aliphatic rings. The van der Waals surface area contributed by atoms with Crippen molar-refractivity contribution >= 4 is 38.9 Å². The van der Waals surface area contributed by atoms with E-state index >= 15 is 0 Å². The lowest BCUT2D eigenvalue weighted by atomic mass is 9.99. The van der Waals surface area contributed by atoms with Gasteiger partial charge in [-0.25, -0.2) is 13.8 Å². The van der Waals surface area contributed by atoms with Crippen LogP contribution in [0.1, 0.15) is 43.2 Å². The summed E-state index contributed by atoms with van der Waals surface area (Å²) < 4.78 is 67.5. The predicted molar refractivity (Wildman–Crippen MR) is 121 cm³/mol. The van der Waals surface area contributed by atoms with Gasteiger partial charge in [-0.1, -0.05) is 35.7 Å². The van der Waals surface area contributed by atoms with Gasteiger partial charge in [0.05, 0.1) is 21.2 Å². The molecule has 0 saturated heterocycles. The van der Waals surface area contributed by atoms with Crippen molar-refractivity contribution in [3.05, 3.63) is 58.6 Å². The highest BCUT2D eigenvalue weighted by Crippen LogP contribution is 2.38. The second kappa shape index (κ2) is 10.1. The van der Waals surface area contributed by atoms with Crippen molar-refractivity contribution in [1.82, 2.24) is 5.43 Å². The van der Waals surface area contributed by atoms with Crippen LogP contribution in [0, 0.1) is 6.92 Å². The van der Waals surface area contributed by atoms with Crippen LogP contribution in [0.3, 0.4) is 0 Å². The molecular weight excluding hydrogens is 479 g/mol. The van der Waals surface area contributed by atoms with Crippen LogP contribution in [-0.4, -0.2) is 26.6 Å². The fraction of sp³-hybridized carbons (Fsp3) is 0.364. The lowest BCUT2D eigenvalue weighted by molar-refractivity contribution is -0.137. The van der Waals surface area contributed by atoms with Gasteiger partial charge in [0.25, 0.3) is 15.9 Å². The topological polar surface area (TPSA) is 78.8 Å². The molecule has 178 valence electrons. The zero-order chi connectivity index (χ0) is 24.2. The van der Waals surface area contributed by atoms with Gasteiger partial charge in [-0.3, -0.25) is 9.10 Å². The Labute approximate surface area is 195 Å². The van der Waals surface area contributed by atoms with Crippen LogP contribution in [-0.2, 0) is 21.0 Å². The summed E-state index contributed by atoms with van der Waals surface area (Å²) in [4.78, 5) is 12.4. The van der Waals surface area contributed by atoms with Crippen molar-refractivity contribution in [2.24, 2.45) is 5.10 Å². The minimum atomic E-state index is -4.80. The molecular formula is C22H23ClF3N3O3S. The Morgan fingerprint density at radius 1 is 1.09 bits per heavy atom. The van der Waals surface area contributed by atoms with E-state index in [1.807, 2.05) is 0 Å². The van der Waals surface area contributed by atoms with Gasteiger partial charge < -0.3 is 0 Å². The monoisotopic (exact) mass is 501 g/mol. The maximum absolute atomic E-state index is 13.4. The first-order valence-electron chi connectivity index (χ1n) is 10.3. The van der Waals surface area contributed by atoms with Gasteiger partial charge in [-0.2, -0.15) is 18.3 Å². The van der Waals surface area contributed by atoms with E-state index < -0.39 is 39.2 Å². The highest BCUT2D eigenvalue weighted by molar-refractivity contribution is 7.92. The highest BCUT2D eigenvalue weighted by atomic mass is 35.5. The molecule has 0 aliphatic heterocycles. The first-order chi connectivity index (χ1) is 15.5. The molecule has 1 aliphatic carbocycles. The highest BCUT2D eigenvalue weighted by Gasteiger charge is 2.35. The summed E-state index contributed by atoms with van der Waals surface area (Å²) in [6.07, 6.45) is -0.355. The second-order valence-electron chi connectivity index (χ2n) is 7.76. The normalized spacial score (nSPS) is 14.6. The van der Waals surface area contributed by atoms with Crippen LogP contribution in [0.25, 0.3) is 0 Å². The van der Waals surface area contributed by atoms with Crippen LogP contribution in [0.2, 0.25) is 5.02 Å².